The molecule has 160 valence electrons. The van der Waals surface area contributed by atoms with Gasteiger partial charge in [0.1, 0.15) is 12.3 Å². The molecule has 0 N–H and O–H groups in total. The third kappa shape index (κ3) is 4.01. The monoisotopic (exact) mass is 436 g/mol. The van der Waals surface area contributed by atoms with Crippen molar-refractivity contribution < 1.29 is 17.9 Å². The molecule has 1 atom stereocenters. The zero-order valence-corrected chi connectivity index (χ0v) is 18.2. The van der Waals surface area contributed by atoms with Crippen molar-refractivity contribution in [3.05, 3.63) is 84.4 Å². The Morgan fingerprint density at radius 3 is 2.48 bits per heavy atom. The Morgan fingerprint density at radius 2 is 1.74 bits per heavy atom. The molecule has 0 saturated carbocycles. The van der Waals surface area contributed by atoms with Crippen LogP contribution in [-0.4, -0.2) is 34.0 Å². The van der Waals surface area contributed by atoms with Gasteiger partial charge in [-0.1, -0.05) is 42.5 Å². The highest BCUT2D eigenvalue weighted by Gasteiger charge is 2.34. The van der Waals surface area contributed by atoms with Gasteiger partial charge >= 0.3 is 0 Å². The molecule has 0 bridgehead atoms. The molecule has 4 rings (SSSR count). The molecule has 0 radical (unpaired) electrons. The van der Waals surface area contributed by atoms with Crippen LogP contribution in [0.5, 0.6) is 5.75 Å². The lowest BCUT2D eigenvalue weighted by molar-refractivity contribution is -0.117. The number of rotatable bonds is 6. The first-order valence-electron chi connectivity index (χ1n) is 10.0. The summed E-state index contributed by atoms with van der Waals surface area (Å²) in [6, 6.07) is 22.6. The van der Waals surface area contributed by atoms with Crippen molar-refractivity contribution in [1.82, 2.24) is 0 Å². The summed E-state index contributed by atoms with van der Waals surface area (Å²) in [5.74, 6) is 0.234. The predicted molar refractivity (Wildman–Crippen MR) is 121 cm³/mol. The maximum atomic E-state index is 13.5. The average Bonchev–Trinajstić information content (AvgIpc) is 3.13. The molecule has 1 amide bonds. The Hall–Kier alpha value is -3.32. The minimum Gasteiger partial charge on any atom is -0.497 e. The Labute approximate surface area is 182 Å². The molecule has 0 unspecified atom stereocenters. The molecule has 1 aliphatic rings. The van der Waals surface area contributed by atoms with E-state index in [1.54, 1.807) is 47.4 Å². The smallest absolute Gasteiger partial charge is 0.264 e. The number of carbonyl (C=O) groups is 1. The second-order valence-corrected chi connectivity index (χ2v) is 9.33. The highest BCUT2D eigenvalue weighted by atomic mass is 32.2. The minimum absolute atomic E-state index is 0.0449. The van der Waals surface area contributed by atoms with Crippen molar-refractivity contribution in [3.63, 3.8) is 0 Å². The van der Waals surface area contributed by atoms with Crippen molar-refractivity contribution in [2.75, 3.05) is 22.9 Å². The van der Waals surface area contributed by atoms with E-state index < -0.39 is 10.0 Å². The summed E-state index contributed by atoms with van der Waals surface area (Å²) < 4.78 is 33.5. The topological polar surface area (TPSA) is 66.9 Å². The highest BCUT2D eigenvalue weighted by molar-refractivity contribution is 7.92. The summed E-state index contributed by atoms with van der Waals surface area (Å²) in [4.78, 5) is 15.2. The van der Waals surface area contributed by atoms with Gasteiger partial charge in [-0.05, 0) is 49.2 Å². The van der Waals surface area contributed by atoms with Crippen LogP contribution < -0.4 is 13.9 Å². The second-order valence-electron chi connectivity index (χ2n) is 7.47. The van der Waals surface area contributed by atoms with Gasteiger partial charge in [0.2, 0.25) is 5.91 Å². The predicted octanol–water partition coefficient (Wildman–Crippen LogP) is 3.87. The van der Waals surface area contributed by atoms with Crippen LogP contribution in [-0.2, 0) is 21.2 Å². The third-order valence-corrected chi connectivity index (χ3v) is 7.22. The Balaban J connectivity index is 1.74. The summed E-state index contributed by atoms with van der Waals surface area (Å²) in [6.07, 6.45) is 0.743. The minimum atomic E-state index is -3.97. The lowest BCUT2D eigenvalue weighted by atomic mass is 10.1. The fourth-order valence-corrected chi connectivity index (χ4v) is 5.37. The number of ether oxygens (including phenoxy) is 1. The molecule has 0 spiro atoms. The number of methoxy groups -OCH3 is 1. The molecule has 0 aliphatic carbocycles. The molecular formula is C24H24N2O4S. The van der Waals surface area contributed by atoms with E-state index in [9.17, 15) is 13.2 Å². The van der Waals surface area contributed by atoms with Gasteiger partial charge < -0.3 is 9.64 Å². The van der Waals surface area contributed by atoms with Gasteiger partial charge in [-0.2, -0.15) is 0 Å². The van der Waals surface area contributed by atoms with Crippen LogP contribution in [0.2, 0.25) is 0 Å². The van der Waals surface area contributed by atoms with Crippen LogP contribution in [0.15, 0.2) is 83.8 Å². The molecular weight excluding hydrogens is 412 g/mol. The number of sulfonamides is 1. The summed E-state index contributed by atoms with van der Waals surface area (Å²) >= 11 is 0. The summed E-state index contributed by atoms with van der Waals surface area (Å²) in [5.41, 5.74) is 2.29. The largest absolute Gasteiger partial charge is 0.497 e. The van der Waals surface area contributed by atoms with Crippen LogP contribution in [0, 0.1) is 0 Å². The Bertz CT molecular complexity index is 1190. The number of para-hydroxylation sites is 1. The molecule has 31 heavy (non-hydrogen) atoms. The van der Waals surface area contributed by atoms with Gasteiger partial charge in [0.25, 0.3) is 10.0 Å². The number of hydrogen-bond donors (Lipinski definition) is 0. The number of hydrogen-bond acceptors (Lipinski definition) is 4. The number of benzene rings is 3. The zero-order valence-electron chi connectivity index (χ0n) is 17.4. The Kier molecular flexibility index (Phi) is 5.69. The third-order valence-electron chi connectivity index (χ3n) is 5.43. The van der Waals surface area contributed by atoms with Gasteiger partial charge in [0.05, 0.1) is 17.7 Å². The molecule has 0 saturated heterocycles. The molecule has 3 aromatic rings. The van der Waals surface area contributed by atoms with Crippen LogP contribution in [0.3, 0.4) is 0 Å². The average molecular weight is 437 g/mol. The maximum Gasteiger partial charge on any atom is 0.264 e. The molecule has 3 aromatic carbocycles. The van der Waals surface area contributed by atoms with Crippen molar-refractivity contribution in [1.29, 1.82) is 0 Å². The van der Waals surface area contributed by atoms with Crippen LogP contribution in [0.4, 0.5) is 11.4 Å². The van der Waals surface area contributed by atoms with Gasteiger partial charge in [0.15, 0.2) is 0 Å². The maximum absolute atomic E-state index is 13.5. The van der Waals surface area contributed by atoms with Crippen molar-refractivity contribution in [2.45, 2.75) is 24.3 Å². The van der Waals surface area contributed by atoms with Crippen LogP contribution in [0.1, 0.15) is 12.5 Å². The number of anilines is 2. The van der Waals surface area contributed by atoms with Gasteiger partial charge in [-0.15, -0.1) is 0 Å². The van der Waals surface area contributed by atoms with Crippen molar-refractivity contribution >= 4 is 27.3 Å². The van der Waals surface area contributed by atoms with Crippen molar-refractivity contribution in [3.8, 4) is 5.75 Å². The molecule has 6 nitrogen and oxygen atoms in total. The number of nitrogens with zero attached hydrogens (tertiary/aromatic N) is 2. The molecule has 0 fully saturated rings. The van der Waals surface area contributed by atoms with E-state index in [1.165, 1.54) is 19.2 Å². The fourth-order valence-electron chi connectivity index (χ4n) is 3.94. The first-order chi connectivity index (χ1) is 14.9. The summed E-state index contributed by atoms with van der Waals surface area (Å²) in [6.45, 7) is 1.66. The number of amides is 1. The highest BCUT2D eigenvalue weighted by Crippen LogP contribution is 2.33. The standard InChI is InChI=1S/C24H24N2O4S/c1-18-15-19-9-6-7-14-23(19)26(18)24(27)17-25(20-10-8-11-21(16-20)30-2)31(28,29)22-12-4-3-5-13-22/h3-14,16,18H,15,17H2,1-2H3/t18-/m1/s1. The number of fused-ring (bicyclic) bond motifs is 1. The molecule has 1 heterocycles. The summed E-state index contributed by atoms with van der Waals surface area (Å²) in [7, 11) is -2.45. The van der Waals surface area contributed by atoms with E-state index in [4.69, 9.17) is 4.74 Å². The van der Waals surface area contributed by atoms with E-state index in [2.05, 4.69) is 0 Å². The van der Waals surface area contributed by atoms with Crippen LogP contribution >= 0.6 is 0 Å². The Morgan fingerprint density at radius 1 is 1.03 bits per heavy atom. The normalized spacial score (nSPS) is 15.4. The first kappa shape index (κ1) is 20.9. The molecule has 0 aromatic heterocycles. The molecule has 1 aliphatic heterocycles. The van der Waals surface area contributed by atoms with Gasteiger partial charge in [0, 0.05) is 17.8 Å². The second kappa shape index (κ2) is 8.43. The van der Waals surface area contributed by atoms with Gasteiger partial charge in [-0.3, -0.25) is 9.10 Å². The molecule has 7 heteroatoms. The van der Waals surface area contributed by atoms with E-state index in [1.807, 2.05) is 31.2 Å². The van der Waals surface area contributed by atoms with Gasteiger partial charge in [-0.25, -0.2) is 8.42 Å². The number of carbonyl (C=O) groups excluding carboxylic acids is 1. The SMILES string of the molecule is COc1cccc(N(CC(=O)N2c3ccccc3C[C@H]2C)S(=O)(=O)c2ccccc2)c1. The van der Waals surface area contributed by atoms with E-state index in [-0.39, 0.29) is 23.4 Å². The van der Waals surface area contributed by atoms with Crippen LogP contribution in [0.25, 0.3) is 0 Å². The summed E-state index contributed by atoms with van der Waals surface area (Å²) in [5, 5.41) is 0. The fraction of sp³-hybridized carbons (Fsp3) is 0.208. The van der Waals surface area contributed by atoms with E-state index in [0.29, 0.717) is 11.4 Å². The zero-order chi connectivity index (χ0) is 22.0. The quantitative estimate of drug-likeness (QED) is 0.588. The van der Waals surface area contributed by atoms with E-state index >= 15 is 0 Å². The first-order valence-corrected chi connectivity index (χ1v) is 11.5. The van der Waals surface area contributed by atoms with E-state index in [0.717, 1.165) is 22.0 Å². The lowest BCUT2D eigenvalue weighted by Gasteiger charge is -2.29. The van der Waals surface area contributed by atoms with Crippen molar-refractivity contribution in [2.24, 2.45) is 0 Å². The lowest BCUT2D eigenvalue weighted by Crippen LogP contribution is -2.45.